The van der Waals surface area contributed by atoms with Crippen LogP contribution in [0.15, 0.2) is 36.8 Å². The highest BCUT2D eigenvalue weighted by molar-refractivity contribution is 5.88. The predicted octanol–water partition coefficient (Wildman–Crippen LogP) is 2.51. The van der Waals surface area contributed by atoms with Crippen LogP contribution < -0.4 is 4.90 Å². The Balaban J connectivity index is 2.27. The average Bonchev–Trinajstić information content (AvgIpc) is 2.46. The van der Waals surface area contributed by atoms with Gasteiger partial charge in [-0.15, -0.1) is 0 Å². The molecule has 0 saturated carbocycles. The molecule has 1 N–H and O–H groups in total. The zero-order chi connectivity index (χ0) is 14.5. The van der Waals surface area contributed by atoms with Crippen LogP contribution in [0, 0.1) is 6.92 Å². The molecular formula is C15H17N3O2. The molecule has 1 aromatic carbocycles. The smallest absolute Gasteiger partial charge is 0.339 e. The quantitative estimate of drug-likeness (QED) is 0.905. The van der Waals surface area contributed by atoms with Gasteiger partial charge in [-0.3, -0.25) is 0 Å². The van der Waals surface area contributed by atoms with Gasteiger partial charge in [0, 0.05) is 18.4 Å². The molecule has 0 aliphatic carbocycles. The summed E-state index contributed by atoms with van der Waals surface area (Å²) in [5.41, 5.74) is 2.92. The van der Waals surface area contributed by atoms with Crippen molar-refractivity contribution in [1.29, 1.82) is 0 Å². The molecule has 104 valence electrons. The van der Waals surface area contributed by atoms with E-state index in [0.29, 0.717) is 12.2 Å². The van der Waals surface area contributed by atoms with Gasteiger partial charge >= 0.3 is 5.97 Å². The Bertz CT molecular complexity index is 596. The van der Waals surface area contributed by atoms with Crippen molar-refractivity contribution >= 4 is 11.7 Å². The number of aryl methyl sites for hydroxylation is 1. The van der Waals surface area contributed by atoms with E-state index in [4.69, 9.17) is 5.11 Å². The third kappa shape index (κ3) is 3.12. The number of carboxylic acid groups (broad SMARTS) is 1. The van der Waals surface area contributed by atoms with Crippen molar-refractivity contribution < 1.29 is 9.90 Å². The van der Waals surface area contributed by atoms with E-state index in [1.54, 1.807) is 0 Å². The van der Waals surface area contributed by atoms with Gasteiger partial charge in [-0.2, -0.15) is 0 Å². The molecule has 5 heteroatoms. The first kappa shape index (κ1) is 14.0. The lowest BCUT2D eigenvalue weighted by Gasteiger charge is -2.23. The molecule has 20 heavy (non-hydrogen) atoms. The molecule has 0 saturated heterocycles. The van der Waals surface area contributed by atoms with E-state index < -0.39 is 5.97 Å². The Hall–Kier alpha value is -2.43. The first-order valence-electron chi connectivity index (χ1n) is 6.45. The highest BCUT2D eigenvalue weighted by atomic mass is 16.4. The molecule has 0 bridgehead atoms. The fraction of sp³-hybridized carbons (Fsp3) is 0.267. The van der Waals surface area contributed by atoms with Crippen molar-refractivity contribution in [3.8, 4) is 0 Å². The minimum Gasteiger partial charge on any atom is -0.478 e. The second-order valence-electron chi connectivity index (χ2n) is 4.54. The minimum atomic E-state index is -0.999. The standard InChI is InChI=1S/C15H17N3O2/c1-3-18(12-6-4-11(2)5-7-12)9-14-13(15(19)20)8-16-10-17-14/h4-8,10H,3,9H2,1-2H3,(H,19,20). The van der Waals surface area contributed by atoms with E-state index in [1.165, 1.54) is 18.1 Å². The molecule has 0 amide bonds. The molecule has 0 radical (unpaired) electrons. The molecule has 0 aliphatic heterocycles. The van der Waals surface area contributed by atoms with Crippen molar-refractivity contribution in [1.82, 2.24) is 9.97 Å². The summed E-state index contributed by atoms with van der Waals surface area (Å²) < 4.78 is 0. The van der Waals surface area contributed by atoms with Gasteiger partial charge in [-0.1, -0.05) is 17.7 Å². The van der Waals surface area contributed by atoms with E-state index >= 15 is 0 Å². The van der Waals surface area contributed by atoms with Crippen LogP contribution in [0.3, 0.4) is 0 Å². The molecule has 0 aliphatic rings. The molecule has 0 fully saturated rings. The molecule has 0 spiro atoms. The number of carboxylic acids is 1. The Labute approximate surface area is 117 Å². The number of aromatic nitrogens is 2. The Morgan fingerprint density at radius 1 is 1.30 bits per heavy atom. The molecule has 5 nitrogen and oxygen atoms in total. The van der Waals surface area contributed by atoms with Gasteiger partial charge in [0.15, 0.2) is 0 Å². The fourth-order valence-corrected chi connectivity index (χ4v) is 1.98. The second-order valence-corrected chi connectivity index (χ2v) is 4.54. The topological polar surface area (TPSA) is 66.3 Å². The van der Waals surface area contributed by atoms with Crippen molar-refractivity contribution in [3.63, 3.8) is 0 Å². The van der Waals surface area contributed by atoms with Crippen LogP contribution in [0.25, 0.3) is 0 Å². The number of nitrogens with zero attached hydrogens (tertiary/aromatic N) is 3. The number of hydrogen-bond acceptors (Lipinski definition) is 4. The van der Waals surface area contributed by atoms with Crippen molar-refractivity contribution in [2.24, 2.45) is 0 Å². The lowest BCUT2D eigenvalue weighted by Crippen LogP contribution is -2.24. The number of benzene rings is 1. The van der Waals surface area contributed by atoms with Gasteiger partial charge < -0.3 is 10.0 Å². The minimum absolute atomic E-state index is 0.151. The van der Waals surface area contributed by atoms with Gasteiger partial charge in [-0.25, -0.2) is 14.8 Å². The largest absolute Gasteiger partial charge is 0.478 e. The average molecular weight is 271 g/mol. The van der Waals surface area contributed by atoms with Gasteiger partial charge in [0.1, 0.15) is 11.9 Å². The summed E-state index contributed by atoms with van der Waals surface area (Å²) in [6.07, 6.45) is 2.72. The van der Waals surface area contributed by atoms with E-state index in [1.807, 2.05) is 38.1 Å². The number of anilines is 1. The second kappa shape index (κ2) is 6.14. The monoisotopic (exact) mass is 271 g/mol. The van der Waals surface area contributed by atoms with Crippen LogP contribution in [0.4, 0.5) is 5.69 Å². The predicted molar refractivity (Wildman–Crippen MR) is 76.9 cm³/mol. The van der Waals surface area contributed by atoms with Gasteiger partial charge in [0.25, 0.3) is 0 Å². The Morgan fingerprint density at radius 3 is 2.60 bits per heavy atom. The first-order valence-corrected chi connectivity index (χ1v) is 6.45. The molecule has 0 atom stereocenters. The van der Waals surface area contributed by atoms with Crippen LogP contribution in [-0.2, 0) is 6.54 Å². The van der Waals surface area contributed by atoms with Crippen LogP contribution in [0.1, 0.15) is 28.5 Å². The zero-order valence-corrected chi connectivity index (χ0v) is 11.6. The number of aromatic carboxylic acids is 1. The Morgan fingerprint density at radius 2 is 2.00 bits per heavy atom. The summed E-state index contributed by atoms with van der Waals surface area (Å²) in [5, 5.41) is 9.16. The SMILES string of the molecule is CCN(Cc1ncncc1C(=O)O)c1ccc(C)cc1. The summed E-state index contributed by atoms with van der Waals surface area (Å²) in [5.74, 6) is -0.999. The van der Waals surface area contributed by atoms with Crippen LogP contribution in [0.5, 0.6) is 0 Å². The van der Waals surface area contributed by atoms with E-state index in [2.05, 4.69) is 14.9 Å². The lowest BCUT2D eigenvalue weighted by atomic mass is 10.2. The Kier molecular flexibility index (Phi) is 4.30. The van der Waals surface area contributed by atoms with Gasteiger partial charge in [-0.05, 0) is 26.0 Å². The van der Waals surface area contributed by atoms with Gasteiger partial charge in [0.2, 0.25) is 0 Å². The number of hydrogen-bond donors (Lipinski definition) is 1. The lowest BCUT2D eigenvalue weighted by molar-refractivity contribution is 0.0694. The molecule has 0 unspecified atom stereocenters. The maximum Gasteiger partial charge on any atom is 0.339 e. The van der Waals surface area contributed by atoms with Crippen molar-refractivity contribution in [2.75, 3.05) is 11.4 Å². The van der Waals surface area contributed by atoms with Crippen molar-refractivity contribution in [3.05, 3.63) is 53.6 Å². The van der Waals surface area contributed by atoms with E-state index in [0.717, 1.165) is 12.2 Å². The fourth-order valence-electron chi connectivity index (χ4n) is 1.98. The van der Waals surface area contributed by atoms with Crippen LogP contribution in [0.2, 0.25) is 0 Å². The summed E-state index contributed by atoms with van der Waals surface area (Å²) in [4.78, 5) is 21.1. The maximum absolute atomic E-state index is 11.2. The zero-order valence-electron chi connectivity index (χ0n) is 11.6. The highest BCUT2D eigenvalue weighted by Crippen LogP contribution is 2.18. The number of carbonyl (C=O) groups is 1. The molecule has 2 rings (SSSR count). The third-order valence-corrected chi connectivity index (χ3v) is 3.15. The summed E-state index contributed by atoms with van der Waals surface area (Å²) in [6.45, 7) is 5.28. The number of rotatable bonds is 5. The van der Waals surface area contributed by atoms with E-state index in [9.17, 15) is 4.79 Å². The summed E-state index contributed by atoms with van der Waals surface area (Å²) >= 11 is 0. The summed E-state index contributed by atoms with van der Waals surface area (Å²) in [7, 11) is 0. The summed E-state index contributed by atoms with van der Waals surface area (Å²) in [6, 6.07) is 8.13. The molecule has 1 heterocycles. The molecular weight excluding hydrogens is 254 g/mol. The van der Waals surface area contributed by atoms with Gasteiger partial charge in [0.05, 0.1) is 12.2 Å². The van der Waals surface area contributed by atoms with E-state index in [-0.39, 0.29) is 5.56 Å². The molecule has 2 aromatic rings. The maximum atomic E-state index is 11.2. The van der Waals surface area contributed by atoms with Crippen molar-refractivity contribution in [2.45, 2.75) is 20.4 Å². The highest BCUT2D eigenvalue weighted by Gasteiger charge is 2.14. The normalized spacial score (nSPS) is 10.3. The first-order chi connectivity index (χ1) is 9.61. The van der Waals surface area contributed by atoms with Crippen LogP contribution in [-0.4, -0.2) is 27.6 Å². The third-order valence-electron chi connectivity index (χ3n) is 3.15. The van der Waals surface area contributed by atoms with Crippen LogP contribution >= 0.6 is 0 Å². The molecule has 1 aromatic heterocycles.